The predicted octanol–water partition coefficient (Wildman–Crippen LogP) is 5.92. The summed E-state index contributed by atoms with van der Waals surface area (Å²) < 4.78 is 0. The normalized spacial score (nSPS) is 14.3. The van der Waals surface area contributed by atoms with Gasteiger partial charge in [-0.3, -0.25) is 0 Å². The van der Waals surface area contributed by atoms with Crippen molar-refractivity contribution >= 4 is 17.3 Å². The molecule has 2 aromatic carbocycles. The summed E-state index contributed by atoms with van der Waals surface area (Å²) in [4.78, 5) is 0. The molecule has 23 heavy (non-hydrogen) atoms. The zero-order valence-corrected chi connectivity index (χ0v) is 13.5. The molecule has 3 rings (SSSR count). The van der Waals surface area contributed by atoms with Crippen LogP contribution in [0.2, 0.25) is 0 Å². The van der Waals surface area contributed by atoms with Crippen LogP contribution in [-0.4, -0.2) is 0 Å². The number of allylic oxidation sites excluding steroid dienone is 2. The molecule has 0 spiro atoms. The quantitative estimate of drug-likeness (QED) is 0.494. The molecule has 1 aliphatic carbocycles. The minimum Gasteiger partial charge on any atom is -0.362 e. The molecule has 2 aromatic rings. The Morgan fingerprint density at radius 1 is 1.04 bits per heavy atom. The minimum atomic E-state index is 0.692. The van der Waals surface area contributed by atoms with Crippen molar-refractivity contribution in [3.05, 3.63) is 90.7 Å². The maximum Gasteiger partial charge on any atom is 0.0453 e. The van der Waals surface area contributed by atoms with Gasteiger partial charge in [0.05, 0.1) is 0 Å². The van der Waals surface area contributed by atoms with E-state index in [-0.39, 0.29) is 0 Å². The van der Waals surface area contributed by atoms with E-state index >= 15 is 0 Å². The van der Waals surface area contributed by atoms with Gasteiger partial charge in [0.1, 0.15) is 0 Å². The molecule has 1 N–H and O–H groups in total. The molecule has 1 aliphatic rings. The molecule has 116 valence electrons. The lowest BCUT2D eigenvalue weighted by molar-refractivity contribution is 1.15. The Kier molecular flexibility index (Phi) is 4.77. The van der Waals surface area contributed by atoms with E-state index in [4.69, 9.17) is 0 Å². The maximum absolute atomic E-state index is 3.81. The van der Waals surface area contributed by atoms with Crippen molar-refractivity contribution in [2.75, 3.05) is 5.32 Å². The SMILES string of the molecule is C=CCc1ccc(/C(=C/c2ccccc2NC=C)C2CC2)cc1. The average Bonchev–Trinajstić information content (AvgIpc) is 3.40. The van der Waals surface area contributed by atoms with Crippen molar-refractivity contribution in [3.8, 4) is 0 Å². The van der Waals surface area contributed by atoms with Crippen LogP contribution in [-0.2, 0) is 6.42 Å². The Labute approximate surface area is 139 Å². The molecule has 0 aliphatic heterocycles. The number of nitrogens with one attached hydrogen (secondary N) is 1. The second-order valence-electron chi connectivity index (χ2n) is 6.00. The Morgan fingerprint density at radius 3 is 2.43 bits per heavy atom. The molecule has 1 nitrogen and oxygen atoms in total. The molecule has 0 bridgehead atoms. The third-order valence-electron chi connectivity index (χ3n) is 4.21. The summed E-state index contributed by atoms with van der Waals surface area (Å²) in [6, 6.07) is 17.3. The Morgan fingerprint density at radius 2 is 1.78 bits per heavy atom. The predicted molar refractivity (Wildman–Crippen MR) is 101 cm³/mol. The number of rotatable bonds is 7. The Hall–Kier alpha value is -2.54. The van der Waals surface area contributed by atoms with Gasteiger partial charge in [0.15, 0.2) is 0 Å². The fraction of sp³-hybridized carbons (Fsp3) is 0.182. The van der Waals surface area contributed by atoms with E-state index in [0.29, 0.717) is 5.92 Å². The van der Waals surface area contributed by atoms with Crippen molar-refractivity contribution in [2.45, 2.75) is 19.3 Å². The van der Waals surface area contributed by atoms with Gasteiger partial charge in [-0.1, -0.05) is 55.1 Å². The molecule has 1 fully saturated rings. The number of hydrogen-bond acceptors (Lipinski definition) is 1. The molecule has 0 aromatic heterocycles. The summed E-state index contributed by atoms with van der Waals surface area (Å²) in [7, 11) is 0. The average molecular weight is 301 g/mol. The standard InChI is InChI=1S/C22H23N/c1-3-7-17-10-12-18(13-11-17)21(19-14-15-19)16-20-8-5-6-9-22(20)23-4-2/h3-6,8-13,16,19,23H,1-2,7,14-15H2/b21-16-. The Bertz CT molecular complexity index is 718. The monoisotopic (exact) mass is 301 g/mol. The molecule has 0 heterocycles. The van der Waals surface area contributed by atoms with Gasteiger partial charge >= 0.3 is 0 Å². The summed E-state index contributed by atoms with van der Waals surface area (Å²) >= 11 is 0. The van der Waals surface area contributed by atoms with Gasteiger partial charge in [0.25, 0.3) is 0 Å². The smallest absolute Gasteiger partial charge is 0.0453 e. The molecule has 0 atom stereocenters. The summed E-state index contributed by atoms with van der Waals surface area (Å²) in [5.41, 5.74) is 6.39. The summed E-state index contributed by atoms with van der Waals surface area (Å²) in [6.07, 6.45) is 9.51. The van der Waals surface area contributed by atoms with Gasteiger partial charge in [-0.25, -0.2) is 0 Å². The molecule has 0 amide bonds. The second kappa shape index (κ2) is 7.15. The van der Waals surface area contributed by atoms with E-state index in [1.165, 1.54) is 35.1 Å². The first-order chi connectivity index (χ1) is 11.3. The van der Waals surface area contributed by atoms with E-state index in [1.807, 2.05) is 12.1 Å². The number of benzene rings is 2. The van der Waals surface area contributed by atoms with Gasteiger partial charge in [-0.05, 0) is 65.8 Å². The van der Waals surface area contributed by atoms with Crippen molar-refractivity contribution < 1.29 is 0 Å². The molecule has 0 saturated heterocycles. The van der Waals surface area contributed by atoms with Gasteiger partial charge in [0, 0.05) is 5.69 Å². The van der Waals surface area contributed by atoms with Crippen LogP contribution in [0.5, 0.6) is 0 Å². The van der Waals surface area contributed by atoms with Crippen LogP contribution in [0, 0.1) is 5.92 Å². The number of hydrogen-bond donors (Lipinski definition) is 1. The fourth-order valence-electron chi connectivity index (χ4n) is 2.86. The van der Waals surface area contributed by atoms with Crippen LogP contribution < -0.4 is 5.32 Å². The molecule has 0 unspecified atom stereocenters. The summed E-state index contributed by atoms with van der Waals surface area (Å²) in [5, 5.41) is 3.23. The highest BCUT2D eigenvalue weighted by atomic mass is 14.8. The van der Waals surface area contributed by atoms with Crippen LogP contribution in [0.3, 0.4) is 0 Å². The molecular formula is C22H23N. The third-order valence-corrected chi connectivity index (χ3v) is 4.21. The largest absolute Gasteiger partial charge is 0.362 e. The lowest BCUT2D eigenvalue weighted by Crippen LogP contribution is -1.92. The highest BCUT2D eigenvalue weighted by molar-refractivity contribution is 5.87. The van der Waals surface area contributed by atoms with Crippen LogP contribution in [0.15, 0.2) is 74.0 Å². The topological polar surface area (TPSA) is 12.0 Å². The maximum atomic E-state index is 3.81. The van der Waals surface area contributed by atoms with Gasteiger partial charge in [-0.2, -0.15) is 0 Å². The Balaban J connectivity index is 1.95. The first kappa shape index (κ1) is 15.4. The van der Waals surface area contributed by atoms with E-state index in [2.05, 4.69) is 67.0 Å². The van der Waals surface area contributed by atoms with Crippen molar-refractivity contribution in [1.82, 2.24) is 0 Å². The lowest BCUT2D eigenvalue weighted by atomic mass is 9.96. The first-order valence-electron chi connectivity index (χ1n) is 8.20. The molecule has 1 saturated carbocycles. The molecule has 0 radical (unpaired) electrons. The van der Waals surface area contributed by atoms with E-state index in [9.17, 15) is 0 Å². The highest BCUT2D eigenvalue weighted by Crippen LogP contribution is 2.43. The van der Waals surface area contributed by atoms with Crippen molar-refractivity contribution in [3.63, 3.8) is 0 Å². The third kappa shape index (κ3) is 3.81. The minimum absolute atomic E-state index is 0.692. The van der Waals surface area contributed by atoms with Crippen LogP contribution in [0.1, 0.15) is 29.5 Å². The van der Waals surface area contributed by atoms with Gasteiger partial charge in [-0.15, -0.1) is 6.58 Å². The van der Waals surface area contributed by atoms with Crippen LogP contribution >= 0.6 is 0 Å². The van der Waals surface area contributed by atoms with Crippen molar-refractivity contribution in [1.29, 1.82) is 0 Å². The van der Waals surface area contributed by atoms with Gasteiger partial charge < -0.3 is 5.32 Å². The number of para-hydroxylation sites is 1. The first-order valence-corrected chi connectivity index (χ1v) is 8.20. The molecular weight excluding hydrogens is 278 g/mol. The molecule has 1 heteroatoms. The van der Waals surface area contributed by atoms with E-state index < -0.39 is 0 Å². The highest BCUT2D eigenvalue weighted by Gasteiger charge is 2.27. The second-order valence-corrected chi connectivity index (χ2v) is 6.00. The fourth-order valence-corrected chi connectivity index (χ4v) is 2.86. The van der Waals surface area contributed by atoms with E-state index in [1.54, 1.807) is 6.20 Å². The van der Waals surface area contributed by atoms with Crippen molar-refractivity contribution in [2.24, 2.45) is 5.92 Å². The zero-order chi connectivity index (χ0) is 16.1. The van der Waals surface area contributed by atoms with Gasteiger partial charge in [0.2, 0.25) is 0 Å². The van der Waals surface area contributed by atoms with E-state index in [0.717, 1.165) is 12.1 Å². The summed E-state index contributed by atoms with van der Waals surface area (Å²) in [6.45, 7) is 7.58. The number of anilines is 1. The zero-order valence-electron chi connectivity index (χ0n) is 13.5. The summed E-state index contributed by atoms with van der Waals surface area (Å²) in [5.74, 6) is 0.692. The lowest BCUT2D eigenvalue weighted by Gasteiger charge is -2.11. The van der Waals surface area contributed by atoms with Crippen LogP contribution in [0.25, 0.3) is 11.6 Å². The van der Waals surface area contributed by atoms with Crippen LogP contribution in [0.4, 0.5) is 5.69 Å².